The van der Waals surface area contributed by atoms with Gasteiger partial charge in [-0.3, -0.25) is 4.79 Å². The molecule has 3 rings (SSSR count). The summed E-state index contributed by atoms with van der Waals surface area (Å²) >= 11 is 1.53. The molecule has 8 heteroatoms. The van der Waals surface area contributed by atoms with E-state index in [4.69, 9.17) is 4.74 Å². The molecule has 0 aliphatic heterocycles. The second kappa shape index (κ2) is 12.0. The van der Waals surface area contributed by atoms with Crippen molar-refractivity contribution in [1.29, 1.82) is 0 Å². The van der Waals surface area contributed by atoms with Crippen molar-refractivity contribution >= 4 is 29.0 Å². The quantitative estimate of drug-likeness (QED) is 0.429. The topological polar surface area (TPSA) is 91.8 Å². The summed E-state index contributed by atoms with van der Waals surface area (Å²) in [5, 5.41) is 16.4. The molecule has 0 aliphatic rings. The maximum atomic E-state index is 12.8. The van der Waals surface area contributed by atoms with Gasteiger partial charge in [-0.2, -0.15) is 0 Å². The smallest absolute Gasteiger partial charge is 0.410 e. The Morgan fingerprint density at radius 1 is 1.11 bits per heavy atom. The lowest BCUT2D eigenvalue weighted by Gasteiger charge is -2.29. The average Bonchev–Trinajstić information content (AvgIpc) is 3.21. The molecule has 0 aliphatic carbocycles. The molecule has 1 heterocycles. The van der Waals surface area contributed by atoms with E-state index in [1.165, 1.54) is 16.2 Å². The first kappa shape index (κ1) is 26.4. The highest BCUT2D eigenvalue weighted by molar-refractivity contribution is 7.09. The summed E-state index contributed by atoms with van der Waals surface area (Å²) < 4.78 is 5.56. The summed E-state index contributed by atoms with van der Waals surface area (Å²) in [6, 6.07) is 16.8. The highest BCUT2D eigenvalue weighted by Crippen LogP contribution is 2.18. The number of carbonyl (C=O) groups excluding carboxylic acids is 2. The number of aliphatic hydroxyl groups excluding tert-OH is 1. The largest absolute Gasteiger partial charge is 0.444 e. The number of aryl methyl sites for hydroxylation is 1. The van der Waals surface area contributed by atoms with E-state index in [1.807, 2.05) is 87.7 Å². The van der Waals surface area contributed by atoms with Crippen LogP contribution in [0.2, 0.25) is 0 Å². The summed E-state index contributed by atoms with van der Waals surface area (Å²) in [7, 11) is 0. The number of amides is 2. The van der Waals surface area contributed by atoms with Crippen molar-refractivity contribution in [2.75, 3.05) is 18.4 Å². The maximum Gasteiger partial charge on any atom is 0.410 e. The van der Waals surface area contributed by atoms with Gasteiger partial charge in [0.2, 0.25) is 5.91 Å². The van der Waals surface area contributed by atoms with Gasteiger partial charge in [0.05, 0.1) is 29.8 Å². The molecule has 0 saturated carbocycles. The number of rotatable bonds is 9. The van der Waals surface area contributed by atoms with Gasteiger partial charge in [-0.1, -0.05) is 42.5 Å². The Balaban J connectivity index is 1.59. The zero-order chi connectivity index (χ0) is 25.4. The lowest BCUT2D eigenvalue weighted by molar-refractivity contribution is -0.115. The van der Waals surface area contributed by atoms with Crippen LogP contribution in [0, 0.1) is 6.92 Å². The summed E-state index contributed by atoms with van der Waals surface area (Å²) in [4.78, 5) is 30.9. The van der Waals surface area contributed by atoms with Crippen LogP contribution in [0.15, 0.2) is 60.0 Å². The maximum absolute atomic E-state index is 12.8. The molecule has 35 heavy (non-hydrogen) atoms. The zero-order valence-electron chi connectivity index (χ0n) is 20.7. The Bertz CT molecular complexity index is 1110. The highest BCUT2D eigenvalue weighted by Gasteiger charge is 2.24. The number of ether oxygens (including phenoxy) is 1. The van der Waals surface area contributed by atoms with Crippen molar-refractivity contribution in [1.82, 2.24) is 9.88 Å². The van der Waals surface area contributed by atoms with Crippen molar-refractivity contribution in [3.8, 4) is 0 Å². The molecule has 1 aromatic heterocycles. The summed E-state index contributed by atoms with van der Waals surface area (Å²) in [6.07, 6.45) is -0.468. The first-order chi connectivity index (χ1) is 16.6. The van der Waals surface area contributed by atoms with Crippen molar-refractivity contribution < 1.29 is 19.4 Å². The minimum Gasteiger partial charge on any atom is -0.444 e. The molecular weight excluding hydrogens is 462 g/mol. The van der Waals surface area contributed by atoms with Crippen molar-refractivity contribution in [2.45, 2.75) is 52.2 Å². The fourth-order valence-corrected chi connectivity index (χ4v) is 4.06. The summed E-state index contributed by atoms with van der Waals surface area (Å²) in [6.45, 7) is 7.88. The van der Waals surface area contributed by atoms with E-state index in [1.54, 1.807) is 0 Å². The third-order valence-corrected chi connectivity index (χ3v) is 5.97. The first-order valence-corrected chi connectivity index (χ1v) is 12.5. The first-order valence-electron chi connectivity index (χ1n) is 11.6. The number of aliphatic hydroxyl groups is 1. The number of hydrogen-bond donors (Lipinski definition) is 2. The summed E-state index contributed by atoms with van der Waals surface area (Å²) in [5.41, 5.74) is 2.58. The van der Waals surface area contributed by atoms with E-state index in [-0.39, 0.29) is 18.9 Å². The molecule has 2 amide bonds. The van der Waals surface area contributed by atoms with Crippen LogP contribution in [0.4, 0.5) is 10.5 Å². The van der Waals surface area contributed by atoms with Crippen LogP contribution in [0.1, 0.15) is 48.7 Å². The Morgan fingerprint density at radius 2 is 1.80 bits per heavy atom. The predicted octanol–water partition coefficient (Wildman–Crippen LogP) is 5.15. The van der Waals surface area contributed by atoms with Gasteiger partial charge in [0.1, 0.15) is 5.60 Å². The van der Waals surface area contributed by atoms with Gasteiger partial charge in [0.15, 0.2) is 0 Å². The van der Waals surface area contributed by atoms with Crippen LogP contribution in [0.3, 0.4) is 0 Å². The van der Waals surface area contributed by atoms with E-state index >= 15 is 0 Å². The number of thiazole rings is 1. The minimum absolute atomic E-state index is 0.117. The standard InChI is InChI=1S/C27H33N3O4S/c1-19-28-23(18-35-19)16-25(32)29-22-12-10-20(11-13-22)14-15-30(26(33)34-27(2,3)4)17-24(31)21-8-6-5-7-9-21/h5-13,18,24,31H,14-17H2,1-4H3,(H,29,32)/t24-/m0/s1. The Kier molecular flexibility index (Phi) is 9.01. The summed E-state index contributed by atoms with van der Waals surface area (Å²) in [5.74, 6) is -0.117. The SMILES string of the molecule is Cc1nc(CC(=O)Nc2ccc(CCN(C[C@H](O)c3ccccc3)C(=O)OC(C)(C)C)cc2)cs1. The number of hydrogen-bond acceptors (Lipinski definition) is 6. The monoisotopic (exact) mass is 495 g/mol. The number of nitrogens with one attached hydrogen (secondary N) is 1. The number of aromatic nitrogens is 1. The molecule has 0 saturated heterocycles. The fourth-order valence-electron chi connectivity index (χ4n) is 3.45. The highest BCUT2D eigenvalue weighted by atomic mass is 32.1. The molecule has 0 unspecified atom stereocenters. The third kappa shape index (κ3) is 8.81. The second-order valence-electron chi connectivity index (χ2n) is 9.38. The van der Waals surface area contributed by atoms with Crippen molar-refractivity contribution in [3.63, 3.8) is 0 Å². The van der Waals surface area contributed by atoms with Gasteiger partial charge in [-0.25, -0.2) is 9.78 Å². The molecule has 0 radical (unpaired) electrons. The minimum atomic E-state index is -0.817. The van der Waals surface area contributed by atoms with Crippen LogP contribution in [-0.4, -0.2) is 45.7 Å². The molecule has 0 spiro atoms. The van der Waals surface area contributed by atoms with Gasteiger partial charge in [-0.15, -0.1) is 11.3 Å². The van der Waals surface area contributed by atoms with Gasteiger partial charge in [0, 0.05) is 17.6 Å². The van der Waals surface area contributed by atoms with E-state index in [9.17, 15) is 14.7 Å². The number of nitrogens with zero attached hydrogens (tertiary/aromatic N) is 2. The van der Waals surface area contributed by atoms with E-state index in [0.717, 1.165) is 21.8 Å². The Morgan fingerprint density at radius 3 is 2.40 bits per heavy atom. The molecule has 186 valence electrons. The van der Waals surface area contributed by atoms with Gasteiger partial charge in [-0.05, 0) is 57.4 Å². The number of benzene rings is 2. The average molecular weight is 496 g/mol. The van der Waals surface area contributed by atoms with Crippen molar-refractivity contribution in [3.05, 3.63) is 81.8 Å². The molecule has 7 nitrogen and oxygen atoms in total. The molecule has 2 aromatic carbocycles. The predicted molar refractivity (Wildman–Crippen MR) is 139 cm³/mol. The van der Waals surface area contributed by atoms with E-state index in [0.29, 0.717) is 18.7 Å². The molecular formula is C27H33N3O4S. The normalized spacial score (nSPS) is 12.1. The van der Waals surface area contributed by atoms with Crippen LogP contribution in [0.25, 0.3) is 0 Å². The molecule has 0 fully saturated rings. The van der Waals surface area contributed by atoms with Crippen LogP contribution >= 0.6 is 11.3 Å². The molecule has 1 atom stereocenters. The van der Waals surface area contributed by atoms with E-state index in [2.05, 4.69) is 10.3 Å². The number of carbonyl (C=O) groups is 2. The van der Waals surface area contributed by atoms with Crippen LogP contribution < -0.4 is 5.32 Å². The van der Waals surface area contributed by atoms with Gasteiger partial charge in [0.25, 0.3) is 0 Å². The number of anilines is 1. The Labute approximate surface area is 210 Å². The Hall–Kier alpha value is -3.23. The lowest BCUT2D eigenvalue weighted by Crippen LogP contribution is -2.40. The van der Waals surface area contributed by atoms with Crippen molar-refractivity contribution in [2.24, 2.45) is 0 Å². The van der Waals surface area contributed by atoms with E-state index < -0.39 is 17.8 Å². The van der Waals surface area contributed by atoms with Gasteiger partial charge < -0.3 is 20.1 Å². The zero-order valence-corrected chi connectivity index (χ0v) is 21.5. The third-order valence-electron chi connectivity index (χ3n) is 5.15. The van der Waals surface area contributed by atoms with Gasteiger partial charge >= 0.3 is 6.09 Å². The molecule has 0 bridgehead atoms. The fraction of sp³-hybridized carbons (Fsp3) is 0.370. The second-order valence-corrected chi connectivity index (χ2v) is 10.4. The lowest BCUT2D eigenvalue weighted by atomic mass is 10.1. The van der Waals surface area contributed by atoms with Crippen LogP contribution in [-0.2, 0) is 22.4 Å². The molecule has 3 aromatic rings. The molecule has 2 N–H and O–H groups in total. The van der Waals surface area contributed by atoms with Crippen LogP contribution in [0.5, 0.6) is 0 Å².